The van der Waals surface area contributed by atoms with Crippen molar-refractivity contribution in [1.29, 1.82) is 0 Å². The smallest absolute Gasteiger partial charge is 0.277 e. The Morgan fingerprint density at radius 2 is 2.19 bits per heavy atom. The molecule has 1 aliphatic carbocycles. The van der Waals surface area contributed by atoms with Crippen molar-refractivity contribution in [1.82, 2.24) is 15.0 Å². The summed E-state index contributed by atoms with van der Waals surface area (Å²) in [4.78, 5) is 22.0. The van der Waals surface area contributed by atoms with Gasteiger partial charge in [0.2, 0.25) is 0 Å². The molecule has 0 bridgehead atoms. The van der Waals surface area contributed by atoms with Crippen molar-refractivity contribution >= 4 is 55.8 Å². The fraction of sp³-hybridized carbons (Fsp3) is 0.333. The van der Waals surface area contributed by atoms with E-state index in [1.54, 1.807) is 30.6 Å². The summed E-state index contributed by atoms with van der Waals surface area (Å²) < 4.78 is 18.2. The monoisotopic (exact) mass is 510 g/mol. The number of benzene rings is 2. The highest BCUT2D eigenvalue weighted by Crippen LogP contribution is 2.35. The number of anilines is 2. The van der Waals surface area contributed by atoms with Gasteiger partial charge in [-0.3, -0.25) is 9.63 Å². The Hall–Kier alpha value is -2.20. The molecule has 10 heteroatoms. The second-order valence-corrected chi connectivity index (χ2v) is 8.75. The molecule has 0 radical (unpaired) electrons. The highest BCUT2D eigenvalue weighted by Gasteiger charge is 2.24. The number of nitrogens with one attached hydrogen (secondary N) is 2. The lowest BCUT2D eigenvalue weighted by Gasteiger charge is -2.25. The molecule has 4 rings (SSSR count). The van der Waals surface area contributed by atoms with Gasteiger partial charge >= 0.3 is 0 Å². The van der Waals surface area contributed by atoms with Crippen molar-refractivity contribution in [2.24, 2.45) is 5.92 Å². The molecule has 2 aromatic carbocycles. The Morgan fingerprint density at radius 1 is 1.39 bits per heavy atom. The van der Waals surface area contributed by atoms with Gasteiger partial charge in [-0.25, -0.2) is 14.9 Å². The first kappa shape index (κ1) is 22.0. The molecule has 31 heavy (non-hydrogen) atoms. The molecule has 7 nitrogen and oxygen atoms in total. The van der Waals surface area contributed by atoms with E-state index in [1.165, 1.54) is 6.42 Å². The number of hydrogen-bond donors (Lipinski definition) is 3. The van der Waals surface area contributed by atoms with Crippen LogP contribution < -0.4 is 10.8 Å². The first-order valence-electron chi connectivity index (χ1n) is 9.90. The molecule has 1 aliphatic rings. The second kappa shape index (κ2) is 9.52. The molecule has 164 valence electrons. The molecule has 0 atom stereocenters. The summed E-state index contributed by atoms with van der Waals surface area (Å²) in [7, 11) is 0. The third kappa shape index (κ3) is 4.69. The SMILES string of the molecule is O=C(NOCCO)c1cc2c(ncn2CC2CCC2)c(F)c1Nc1ccc(Br)cc1Cl. The molecule has 0 unspecified atom stereocenters. The van der Waals surface area contributed by atoms with Crippen LogP contribution in [0, 0.1) is 11.7 Å². The Kier molecular flexibility index (Phi) is 6.76. The van der Waals surface area contributed by atoms with Crippen LogP contribution in [0.5, 0.6) is 0 Å². The minimum atomic E-state index is -0.656. The minimum Gasteiger partial charge on any atom is -0.394 e. The van der Waals surface area contributed by atoms with E-state index in [9.17, 15) is 4.79 Å². The maximum Gasteiger partial charge on any atom is 0.277 e. The molecule has 1 fully saturated rings. The van der Waals surface area contributed by atoms with Crippen LogP contribution in [-0.4, -0.2) is 33.8 Å². The average Bonchev–Trinajstić information content (AvgIpc) is 3.11. The topological polar surface area (TPSA) is 88.4 Å². The third-order valence-corrected chi connectivity index (χ3v) is 6.14. The van der Waals surface area contributed by atoms with Crippen molar-refractivity contribution in [3.63, 3.8) is 0 Å². The average molecular weight is 512 g/mol. The van der Waals surface area contributed by atoms with Crippen LogP contribution in [0.4, 0.5) is 15.8 Å². The van der Waals surface area contributed by atoms with Gasteiger partial charge in [0.15, 0.2) is 5.82 Å². The van der Waals surface area contributed by atoms with Gasteiger partial charge in [0, 0.05) is 11.0 Å². The summed E-state index contributed by atoms with van der Waals surface area (Å²) >= 11 is 9.61. The first-order valence-corrected chi connectivity index (χ1v) is 11.1. The van der Waals surface area contributed by atoms with Crippen LogP contribution in [0.2, 0.25) is 5.02 Å². The number of carbonyl (C=O) groups excluding carboxylic acids is 1. The number of amides is 1. The number of aliphatic hydroxyl groups excluding tert-OH is 1. The summed E-state index contributed by atoms with van der Waals surface area (Å²) in [6.07, 6.45) is 5.06. The van der Waals surface area contributed by atoms with E-state index in [-0.39, 0.29) is 30.0 Å². The number of nitrogens with zero attached hydrogens (tertiary/aromatic N) is 2. The fourth-order valence-electron chi connectivity index (χ4n) is 3.50. The zero-order valence-corrected chi connectivity index (χ0v) is 18.8. The summed E-state index contributed by atoms with van der Waals surface area (Å²) in [5, 5.41) is 12.2. The summed E-state index contributed by atoms with van der Waals surface area (Å²) in [5.41, 5.74) is 3.35. The third-order valence-electron chi connectivity index (χ3n) is 5.33. The van der Waals surface area contributed by atoms with E-state index >= 15 is 4.39 Å². The number of carbonyl (C=O) groups is 1. The summed E-state index contributed by atoms with van der Waals surface area (Å²) in [6, 6.07) is 6.69. The van der Waals surface area contributed by atoms with Crippen LogP contribution >= 0.6 is 27.5 Å². The molecule has 0 spiro atoms. The quantitative estimate of drug-likeness (QED) is 0.299. The number of hydrogen-bond acceptors (Lipinski definition) is 5. The molecule has 1 saturated carbocycles. The Balaban J connectivity index is 1.76. The predicted octanol–water partition coefficient (Wildman–Crippen LogP) is 4.79. The second-order valence-electron chi connectivity index (χ2n) is 7.43. The molecule has 0 saturated heterocycles. The van der Waals surface area contributed by atoms with E-state index in [0.29, 0.717) is 22.1 Å². The maximum atomic E-state index is 15.6. The normalized spacial score (nSPS) is 13.9. The molecule has 1 heterocycles. The maximum absolute atomic E-state index is 15.6. The van der Waals surface area contributed by atoms with E-state index in [4.69, 9.17) is 21.5 Å². The van der Waals surface area contributed by atoms with Gasteiger partial charge < -0.3 is 15.0 Å². The molecular formula is C21H21BrClFN4O3. The highest BCUT2D eigenvalue weighted by atomic mass is 79.9. The van der Waals surface area contributed by atoms with Gasteiger partial charge in [0.05, 0.1) is 47.0 Å². The van der Waals surface area contributed by atoms with E-state index in [1.807, 2.05) is 4.57 Å². The zero-order valence-electron chi connectivity index (χ0n) is 16.5. The lowest BCUT2D eigenvalue weighted by Crippen LogP contribution is -2.26. The largest absolute Gasteiger partial charge is 0.394 e. The standard InChI is InChI=1S/C21H21BrClFN4O3/c22-13-4-5-16(15(23)8-13)26-19-14(21(30)27-31-7-6-29)9-17-20(18(19)24)25-11-28(17)10-12-2-1-3-12/h4-5,8-9,11-12,26,29H,1-3,6-7,10H2,(H,27,30). The number of halogens is 3. The van der Waals surface area contributed by atoms with E-state index in [2.05, 4.69) is 31.7 Å². The van der Waals surface area contributed by atoms with E-state index in [0.717, 1.165) is 23.9 Å². The van der Waals surface area contributed by atoms with Crippen molar-refractivity contribution in [3.8, 4) is 0 Å². The van der Waals surface area contributed by atoms with Crippen LogP contribution in [0.25, 0.3) is 11.0 Å². The van der Waals surface area contributed by atoms with Gasteiger partial charge in [0.1, 0.15) is 5.52 Å². The van der Waals surface area contributed by atoms with Crippen LogP contribution in [0.1, 0.15) is 29.6 Å². The van der Waals surface area contributed by atoms with Crippen molar-refractivity contribution in [3.05, 3.63) is 51.5 Å². The van der Waals surface area contributed by atoms with E-state index < -0.39 is 11.7 Å². The van der Waals surface area contributed by atoms with Gasteiger partial charge in [-0.05, 0) is 43.0 Å². The lowest BCUT2D eigenvalue weighted by molar-refractivity contribution is 0.0169. The number of fused-ring (bicyclic) bond motifs is 1. The number of aromatic nitrogens is 2. The summed E-state index contributed by atoms with van der Waals surface area (Å²) in [6.45, 7) is 0.377. The molecule has 3 aromatic rings. The van der Waals surface area contributed by atoms with Crippen LogP contribution in [-0.2, 0) is 11.4 Å². The number of rotatable bonds is 8. The van der Waals surface area contributed by atoms with Crippen LogP contribution in [0.3, 0.4) is 0 Å². The molecule has 1 amide bonds. The van der Waals surface area contributed by atoms with Gasteiger partial charge in [0.25, 0.3) is 5.91 Å². The number of hydroxylamine groups is 1. The Morgan fingerprint density at radius 3 is 2.87 bits per heavy atom. The molecular weight excluding hydrogens is 491 g/mol. The van der Waals surface area contributed by atoms with Crippen molar-refractivity contribution in [2.75, 3.05) is 18.5 Å². The highest BCUT2D eigenvalue weighted by molar-refractivity contribution is 9.10. The zero-order chi connectivity index (χ0) is 22.0. The van der Waals surface area contributed by atoms with Crippen molar-refractivity contribution < 1.29 is 19.1 Å². The Labute approximate surface area is 191 Å². The Bertz CT molecular complexity index is 1120. The number of imidazole rings is 1. The predicted molar refractivity (Wildman–Crippen MR) is 120 cm³/mol. The first-order chi connectivity index (χ1) is 15.0. The molecule has 0 aliphatic heterocycles. The fourth-order valence-corrected chi connectivity index (χ4v) is 4.22. The molecule has 3 N–H and O–H groups in total. The molecule has 1 aromatic heterocycles. The minimum absolute atomic E-state index is 0.0392. The van der Waals surface area contributed by atoms with Crippen LogP contribution in [0.15, 0.2) is 35.1 Å². The summed E-state index contributed by atoms with van der Waals surface area (Å²) in [5.74, 6) is -0.775. The van der Waals surface area contributed by atoms with Gasteiger partial charge in [-0.15, -0.1) is 0 Å². The van der Waals surface area contributed by atoms with Gasteiger partial charge in [-0.1, -0.05) is 34.0 Å². The van der Waals surface area contributed by atoms with Crippen molar-refractivity contribution in [2.45, 2.75) is 25.8 Å². The lowest BCUT2D eigenvalue weighted by atomic mass is 9.85. The van der Waals surface area contributed by atoms with Gasteiger partial charge in [-0.2, -0.15) is 0 Å². The number of aliphatic hydroxyl groups is 1.